The minimum absolute atomic E-state index is 0. The van der Waals surface area contributed by atoms with Gasteiger partial charge in [-0.1, -0.05) is 73.7 Å². The SMILES string of the molecule is COC(=O)c1cccc(NC(=O)N(CCC(c2ccccc2)c2ccccc2)CC(C)CN2CCNCC2)c1.Cl. The standard InChI is InChI=1S/C32H40N4O3.ClH/c1-25(23-35-20-17-33-18-21-35)24-36(32(38)34-29-15-9-14-28(22-29)31(37)39-2)19-16-30(26-10-5-3-6-11-26)27-12-7-4-8-13-27;/h3-15,22,25,30,33H,16-21,23-24H2,1-2H3,(H,34,38);1H. The highest BCUT2D eigenvalue weighted by molar-refractivity contribution is 5.93. The maximum Gasteiger partial charge on any atom is 0.337 e. The van der Waals surface area contributed by atoms with Crippen LogP contribution in [-0.2, 0) is 4.74 Å². The maximum absolute atomic E-state index is 13.7. The largest absolute Gasteiger partial charge is 0.465 e. The smallest absolute Gasteiger partial charge is 0.337 e. The first kappa shape index (κ1) is 31.1. The predicted octanol–water partition coefficient (Wildman–Crippen LogP) is 5.49. The first-order valence-corrected chi connectivity index (χ1v) is 13.8. The summed E-state index contributed by atoms with van der Waals surface area (Å²) in [5.41, 5.74) is 3.46. The lowest BCUT2D eigenvalue weighted by Gasteiger charge is -2.33. The molecule has 2 amide bonds. The molecule has 0 radical (unpaired) electrons. The lowest BCUT2D eigenvalue weighted by atomic mass is 9.88. The average molecular weight is 565 g/mol. The number of piperazine rings is 1. The third-order valence-corrected chi connectivity index (χ3v) is 7.23. The van der Waals surface area contributed by atoms with E-state index in [4.69, 9.17) is 4.74 Å². The highest BCUT2D eigenvalue weighted by Crippen LogP contribution is 2.28. The number of nitrogens with one attached hydrogen (secondary N) is 2. The van der Waals surface area contributed by atoms with Gasteiger partial charge in [0.15, 0.2) is 0 Å². The number of carbonyl (C=O) groups is 2. The highest BCUT2D eigenvalue weighted by Gasteiger charge is 2.22. The molecule has 1 saturated heterocycles. The van der Waals surface area contributed by atoms with Gasteiger partial charge in [-0.15, -0.1) is 12.4 Å². The number of anilines is 1. The number of hydrogen-bond acceptors (Lipinski definition) is 5. The molecule has 0 saturated carbocycles. The fraction of sp³-hybridized carbons (Fsp3) is 0.375. The van der Waals surface area contributed by atoms with Crippen LogP contribution < -0.4 is 10.6 Å². The van der Waals surface area contributed by atoms with Gasteiger partial charge in [0.05, 0.1) is 12.7 Å². The van der Waals surface area contributed by atoms with Gasteiger partial charge in [-0.2, -0.15) is 0 Å². The van der Waals surface area contributed by atoms with Gasteiger partial charge in [0.2, 0.25) is 0 Å². The minimum atomic E-state index is -0.429. The summed E-state index contributed by atoms with van der Waals surface area (Å²) >= 11 is 0. The van der Waals surface area contributed by atoms with E-state index < -0.39 is 5.97 Å². The van der Waals surface area contributed by atoms with Crippen molar-refractivity contribution in [1.29, 1.82) is 0 Å². The number of esters is 1. The molecule has 0 spiro atoms. The van der Waals surface area contributed by atoms with E-state index in [0.717, 1.165) is 39.1 Å². The number of ether oxygens (including phenoxy) is 1. The molecule has 3 aromatic carbocycles. The summed E-state index contributed by atoms with van der Waals surface area (Å²) in [6, 6.07) is 27.7. The van der Waals surface area contributed by atoms with Crippen LogP contribution in [0.2, 0.25) is 0 Å². The summed E-state index contributed by atoms with van der Waals surface area (Å²) in [5, 5.41) is 6.43. The van der Waals surface area contributed by atoms with Crippen LogP contribution >= 0.6 is 12.4 Å². The molecule has 1 aliphatic heterocycles. The van der Waals surface area contributed by atoms with Gasteiger partial charge < -0.3 is 25.2 Å². The highest BCUT2D eigenvalue weighted by atomic mass is 35.5. The molecule has 40 heavy (non-hydrogen) atoms. The maximum atomic E-state index is 13.7. The number of halogens is 1. The molecule has 0 bridgehead atoms. The van der Waals surface area contributed by atoms with Gasteiger partial charge in [0.1, 0.15) is 0 Å². The van der Waals surface area contributed by atoms with Gasteiger partial charge in [-0.3, -0.25) is 0 Å². The Hall–Kier alpha value is -3.39. The number of nitrogens with zero attached hydrogens (tertiary/aromatic N) is 2. The molecule has 0 aliphatic carbocycles. The quantitative estimate of drug-likeness (QED) is 0.301. The Morgan fingerprint density at radius 3 is 2.17 bits per heavy atom. The van der Waals surface area contributed by atoms with Gasteiger partial charge in [-0.05, 0) is 41.7 Å². The van der Waals surface area contributed by atoms with Crippen molar-refractivity contribution in [3.05, 3.63) is 102 Å². The van der Waals surface area contributed by atoms with E-state index in [1.165, 1.54) is 18.2 Å². The van der Waals surface area contributed by atoms with Crippen molar-refractivity contribution >= 4 is 30.1 Å². The molecule has 4 rings (SSSR count). The van der Waals surface area contributed by atoms with Crippen molar-refractivity contribution in [1.82, 2.24) is 15.1 Å². The van der Waals surface area contributed by atoms with Crippen LogP contribution in [0.4, 0.5) is 10.5 Å². The normalized spacial score (nSPS) is 14.2. The Morgan fingerprint density at radius 2 is 1.57 bits per heavy atom. The van der Waals surface area contributed by atoms with Crippen LogP contribution in [0.5, 0.6) is 0 Å². The van der Waals surface area contributed by atoms with E-state index >= 15 is 0 Å². The molecule has 1 unspecified atom stereocenters. The van der Waals surface area contributed by atoms with Crippen molar-refractivity contribution in [2.45, 2.75) is 19.3 Å². The molecule has 0 aromatic heterocycles. The first-order valence-electron chi connectivity index (χ1n) is 13.8. The van der Waals surface area contributed by atoms with E-state index in [-0.39, 0.29) is 24.4 Å². The molecule has 1 fully saturated rings. The minimum Gasteiger partial charge on any atom is -0.465 e. The van der Waals surface area contributed by atoms with Gasteiger partial charge >= 0.3 is 12.0 Å². The van der Waals surface area contributed by atoms with Crippen molar-refractivity contribution < 1.29 is 14.3 Å². The molecule has 214 valence electrons. The summed E-state index contributed by atoms with van der Waals surface area (Å²) < 4.78 is 4.85. The number of carbonyl (C=O) groups excluding carboxylic acids is 2. The van der Waals surface area contributed by atoms with E-state index in [2.05, 4.69) is 71.0 Å². The number of methoxy groups -OCH3 is 1. The molecule has 1 atom stereocenters. The van der Waals surface area contributed by atoms with Crippen LogP contribution in [0.3, 0.4) is 0 Å². The third-order valence-electron chi connectivity index (χ3n) is 7.23. The molecule has 1 aliphatic rings. The van der Waals surface area contributed by atoms with Gasteiger partial charge in [0.25, 0.3) is 0 Å². The average Bonchev–Trinajstić information content (AvgIpc) is 2.98. The Labute approximate surface area is 244 Å². The van der Waals surface area contributed by atoms with Gasteiger partial charge in [0, 0.05) is 57.4 Å². The summed E-state index contributed by atoms with van der Waals surface area (Å²) in [5.74, 6) is 0.0529. The lowest BCUT2D eigenvalue weighted by Crippen LogP contribution is -2.47. The lowest BCUT2D eigenvalue weighted by molar-refractivity contribution is 0.0600. The van der Waals surface area contributed by atoms with E-state index in [1.54, 1.807) is 24.3 Å². The second-order valence-electron chi connectivity index (χ2n) is 10.3. The monoisotopic (exact) mass is 564 g/mol. The molecule has 7 nitrogen and oxygen atoms in total. The van der Waals surface area contributed by atoms with E-state index in [0.29, 0.717) is 30.3 Å². The number of urea groups is 1. The molecule has 1 heterocycles. The summed E-state index contributed by atoms with van der Waals surface area (Å²) in [4.78, 5) is 30.1. The van der Waals surface area contributed by atoms with Crippen molar-refractivity contribution in [3.8, 4) is 0 Å². The van der Waals surface area contributed by atoms with Gasteiger partial charge in [-0.25, -0.2) is 9.59 Å². The Bertz CT molecular complexity index is 1150. The van der Waals surface area contributed by atoms with Crippen molar-refractivity contribution in [3.63, 3.8) is 0 Å². The van der Waals surface area contributed by atoms with Crippen molar-refractivity contribution in [2.75, 3.05) is 58.2 Å². The predicted molar refractivity (Wildman–Crippen MR) is 163 cm³/mol. The van der Waals surface area contributed by atoms with Crippen LogP contribution in [0.25, 0.3) is 0 Å². The summed E-state index contributed by atoms with van der Waals surface area (Å²) in [6.45, 7) is 8.47. The van der Waals surface area contributed by atoms with Crippen LogP contribution in [0, 0.1) is 5.92 Å². The number of hydrogen-bond donors (Lipinski definition) is 2. The molecule has 8 heteroatoms. The van der Waals surface area contributed by atoms with E-state index in [9.17, 15) is 9.59 Å². The molecule has 2 N–H and O–H groups in total. The second kappa shape index (κ2) is 16.0. The Balaban J connectivity index is 0.00000441. The topological polar surface area (TPSA) is 73.9 Å². The van der Waals surface area contributed by atoms with Crippen molar-refractivity contribution in [2.24, 2.45) is 5.92 Å². The van der Waals surface area contributed by atoms with Crippen LogP contribution in [-0.4, -0.2) is 74.7 Å². The molecule has 3 aromatic rings. The second-order valence-corrected chi connectivity index (χ2v) is 10.3. The zero-order valence-corrected chi connectivity index (χ0v) is 24.2. The zero-order valence-electron chi connectivity index (χ0n) is 23.4. The molecular weight excluding hydrogens is 524 g/mol. The van der Waals surface area contributed by atoms with Crippen LogP contribution in [0.1, 0.15) is 40.7 Å². The number of benzene rings is 3. The Morgan fingerprint density at radius 1 is 0.950 bits per heavy atom. The fourth-order valence-electron chi connectivity index (χ4n) is 5.27. The van der Waals surface area contributed by atoms with Crippen LogP contribution in [0.15, 0.2) is 84.9 Å². The first-order chi connectivity index (χ1) is 19.0. The summed E-state index contributed by atoms with van der Waals surface area (Å²) in [7, 11) is 1.35. The number of rotatable bonds is 11. The molecular formula is C32H41ClN4O3. The Kier molecular flexibility index (Phi) is 12.5. The fourth-order valence-corrected chi connectivity index (χ4v) is 5.27. The summed E-state index contributed by atoms with van der Waals surface area (Å²) in [6.07, 6.45) is 0.796. The zero-order chi connectivity index (χ0) is 27.5. The van der Waals surface area contributed by atoms with E-state index in [1.807, 2.05) is 17.0 Å². The third kappa shape index (κ3) is 9.08. The number of amides is 2.